The monoisotopic (exact) mass is 265 g/mol. The van der Waals surface area contributed by atoms with Crippen LogP contribution in [0.1, 0.15) is 24.6 Å². The van der Waals surface area contributed by atoms with Gasteiger partial charge in [0.25, 0.3) is 0 Å². The van der Waals surface area contributed by atoms with Gasteiger partial charge in [-0.1, -0.05) is 6.92 Å². The number of aromatic nitrogens is 2. The molecule has 0 aliphatic carbocycles. The molecular formula is C12H15N3O2S. The summed E-state index contributed by atoms with van der Waals surface area (Å²) in [6.07, 6.45) is 3.29. The zero-order valence-corrected chi connectivity index (χ0v) is 11.0. The first-order valence-corrected chi connectivity index (χ1v) is 6.71. The quantitative estimate of drug-likeness (QED) is 0.785. The molecule has 0 aliphatic heterocycles. The minimum atomic E-state index is -0.770. The van der Waals surface area contributed by atoms with E-state index in [1.807, 2.05) is 0 Å². The third-order valence-corrected chi connectivity index (χ3v) is 3.78. The maximum atomic E-state index is 10.4. The molecule has 0 atom stereocenters. The first-order chi connectivity index (χ1) is 8.70. The van der Waals surface area contributed by atoms with Gasteiger partial charge in [0.05, 0.1) is 5.39 Å². The molecule has 0 amide bonds. The van der Waals surface area contributed by atoms with Crippen LogP contribution in [0.2, 0.25) is 0 Å². The minimum Gasteiger partial charge on any atom is -0.481 e. The van der Waals surface area contributed by atoms with Crippen molar-refractivity contribution >= 4 is 33.3 Å². The van der Waals surface area contributed by atoms with E-state index in [1.54, 1.807) is 11.3 Å². The molecule has 2 N–H and O–H groups in total. The van der Waals surface area contributed by atoms with Crippen molar-refractivity contribution in [3.63, 3.8) is 0 Å². The van der Waals surface area contributed by atoms with E-state index in [0.717, 1.165) is 22.5 Å². The second-order valence-electron chi connectivity index (χ2n) is 3.93. The predicted molar refractivity (Wildman–Crippen MR) is 72.2 cm³/mol. The second-order valence-corrected chi connectivity index (χ2v) is 5.05. The first-order valence-electron chi connectivity index (χ1n) is 5.89. The second kappa shape index (κ2) is 5.77. The molecule has 0 fully saturated rings. The Morgan fingerprint density at radius 3 is 3.06 bits per heavy atom. The van der Waals surface area contributed by atoms with Gasteiger partial charge >= 0.3 is 5.97 Å². The molecule has 18 heavy (non-hydrogen) atoms. The number of carbonyl (C=O) groups is 1. The molecular weight excluding hydrogens is 250 g/mol. The molecule has 0 saturated carbocycles. The van der Waals surface area contributed by atoms with Crippen LogP contribution in [0, 0.1) is 0 Å². The molecule has 96 valence electrons. The number of aliphatic carboxylic acids is 1. The highest BCUT2D eigenvalue weighted by Gasteiger charge is 2.07. The van der Waals surface area contributed by atoms with E-state index in [4.69, 9.17) is 5.11 Å². The molecule has 2 rings (SSSR count). The highest BCUT2D eigenvalue weighted by molar-refractivity contribution is 7.18. The molecule has 0 spiro atoms. The lowest BCUT2D eigenvalue weighted by Crippen LogP contribution is -2.06. The van der Waals surface area contributed by atoms with E-state index in [0.29, 0.717) is 13.0 Å². The lowest BCUT2D eigenvalue weighted by atomic mass is 10.3. The summed E-state index contributed by atoms with van der Waals surface area (Å²) in [5, 5.41) is 12.8. The molecule has 2 aromatic heterocycles. The zero-order valence-electron chi connectivity index (χ0n) is 10.1. The Bertz CT molecular complexity index is 553. The Balaban J connectivity index is 2.07. The van der Waals surface area contributed by atoms with Crippen molar-refractivity contribution in [1.82, 2.24) is 9.97 Å². The van der Waals surface area contributed by atoms with Gasteiger partial charge in [-0.2, -0.15) is 0 Å². The van der Waals surface area contributed by atoms with Crippen LogP contribution in [0.25, 0.3) is 10.2 Å². The molecule has 0 aromatic carbocycles. The fourth-order valence-corrected chi connectivity index (χ4v) is 2.60. The average Bonchev–Trinajstić information content (AvgIpc) is 2.78. The van der Waals surface area contributed by atoms with Gasteiger partial charge in [-0.25, -0.2) is 9.97 Å². The Hall–Kier alpha value is -1.69. The lowest BCUT2D eigenvalue weighted by molar-refractivity contribution is -0.137. The topological polar surface area (TPSA) is 75.1 Å². The average molecular weight is 265 g/mol. The molecule has 0 bridgehead atoms. The SMILES string of the molecule is CCc1cc2c(NCCCC(=O)O)ncnc2s1. The summed E-state index contributed by atoms with van der Waals surface area (Å²) >= 11 is 1.67. The third-order valence-electron chi connectivity index (χ3n) is 2.59. The number of fused-ring (bicyclic) bond motifs is 1. The largest absolute Gasteiger partial charge is 0.481 e. The van der Waals surface area contributed by atoms with Crippen LogP contribution in [-0.4, -0.2) is 27.6 Å². The Morgan fingerprint density at radius 2 is 2.33 bits per heavy atom. The highest BCUT2D eigenvalue weighted by Crippen LogP contribution is 2.28. The standard InChI is InChI=1S/C12H15N3O2S/c1-2-8-6-9-11(13-5-3-4-10(16)17)14-7-15-12(9)18-8/h6-7H,2-5H2,1H3,(H,16,17)(H,13,14,15). The van der Waals surface area contributed by atoms with Gasteiger partial charge in [-0.3, -0.25) is 4.79 Å². The van der Waals surface area contributed by atoms with E-state index < -0.39 is 5.97 Å². The zero-order chi connectivity index (χ0) is 13.0. The fraction of sp³-hybridized carbons (Fsp3) is 0.417. The molecule has 2 heterocycles. The molecule has 2 aromatic rings. The summed E-state index contributed by atoms with van der Waals surface area (Å²) in [4.78, 5) is 21.1. The van der Waals surface area contributed by atoms with Gasteiger partial charge in [-0.15, -0.1) is 11.3 Å². The number of aryl methyl sites for hydroxylation is 1. The minimum absolute atomic E-state index is 0.172. The van der Waals surface area contributed by atoms with Gasteiger partial charge < -0.3 is 10.4 Å². The summed E-state index contributed by atoms with van der Waals surface area (Å²) in [5.74, 6) is 0.0229. The van der Waals surface area contributed by atoms with Crippen molar-refractivity contribution in [2.75, 3.05) is 11.9 Å². The van der Waals surface area contributed by atoms with Crippen LogP contribution in [0.5, 0.6) is 0 Å². The van der Waals surface area contributed by atoms with Gasteiger partial charge in [-0.05, 0) is 18.9 Å². The number of nitrogens with zero attached hydrogens (tertiary/aromatic N) is 2. The summed E-state index contributed by atoms with van der Waals surface area (Å²) < 4.78 is 0. The lowest BCUT2D eigenvalue weighted by Gasteiger charge is -2.04. The highest BCUT2D eigenvalue weighted by atomic mass is 32.1. The number of rotatable bonds is 6. The van der Waals surface area contributed by atoms with Gasteiger partial charge in [0.15, 0.2) is 0 Å². The predicted octanol–water partition coefficient (Wildman–Crippen LogP) is 2.53. The molecule has 0 unspecified atom stereocenters. The van der Waals surface area contributed by atoms with E-state index in [9.17, 15) is 4.79 Å². The molecule has 0 radical (unpaired) electrons. The number of hydrogen-bond acceptors (Lipinski definition) is 5. The Labute approximate surface area is 109 Å². The van der Waals surface area contributed by atoms with Crippen molar-refractivity contribution in [2.24, 2.45) is 0 Å². The van der Waals surface area contributed by atoms with Crippen molar-refractivity contribution in [3.8, 4) is 0 Å². The summed E-state index contributed by atoms with van der Waals surface area (Å²) in [5.41, 5.74) is 0. The van der Waals surface area contributed by atoms with Crippen molar-refractivity contribution < 1.29 is 9.90 Å². The van der Waals surface area contributed by atoms with Gasteiger partial charge in [0.2, 0.25) is 0 Å². The number of thiophene rings is 1. The van der Waals surface area contributed by atoms with Crippen LogP contribution in [0.4, 0.5) is 5.82 Å². The number of carboxylic acid groups (broad SMARTS) is 1. The van der Waals surface area contributed by atoms with Crippen LogP contribution in [0.15, 0.2) is 12.4 Å². The first kappa shape index (κ1) is 12.8. The van der Waals surface area contributed by atoms with Crippen molar-refractivity contribution in [1.29, 1.82) is 0 Å². The van der Waals surface area contributed by atoms with Crippen LogP contribution < -0.4 is 5.32 Å². The third kappa shape index (κ3) is 2.95. The van der Waals surface area contributed by atoms with Gasteiger partial charge in [0.1, 0.15) is 17.0 Å². The molecule has 6 heteroatoms. The molecule has 0 aliphatic rings. The van der Waals surface area contributed by atoms with Crippen LogP contribution in [-0.2, 0) is 11.2 Å². The van der Waals surface area contributed by atoms with E-state index in [2.05, 4.69) is 28.3 Å². The van der Waals surface area contributed by atoms with E-state index in [-0.39, 0.29) is 6.42 Å². The number of hydrogen-bond donors (Lipinski definition) is 2. The van der Waals surface area contributed by atoms with Crippen molar-refractivity contribution in [3.05, 3.63) is 17.3 Å². The number of nitrogens with one attached hydrogen (secondary N) is 1. The maximum absolute atomic E-state index is 10.4. The number of anilines is 1. The fourth-order valence-electron chi connectivity index (χ4n) is 1.67. The van der Waals surface area contributed by atoms with E-state index in [1.165, 1.54) is 11.2 Å². The molecule has 0 saturated heterocycles. The Kier molecular flexibility index (Phi) is 4.09. The molecule has 5 nitrogen and oxygen atoms in total. The summed E-state index contributed by atoms with van der Waals surface area (Å²) in [6.45, 7) is 2.72. The van der Waals surface area contributed by atoms with Crippen LogP contribution >= 0.6 is 11.3 Å². The Morgan fingerprint density at radius 1 is 1.50 bits per heavy atom. The van der Waals surface area contributed by atoms with Crippen molar-refractivity contribution in [2.45, 2.75) is 26.2 Å². The maximum Gasteiger partial charge on any atom is 0.303 e. The normalized spacial score (nSPS) is 10.7. The van der Waals surface area contributed by atoms with Gasteiger partial charge in [0, 0.05) is 17.8 Å². The van der Waals surface area contributed by atoms with Crippen LogP contribution in [0.3, 0.4) is 0 Å². The smallest absolute Gasteiger partial charge is 0.303 e. The summed E-state index contributed by atoms with van der Waals surface area (Å²) in [7, 11) is 0. The number of carboxylic acids is 1. The summed E-state index contributed by atoms with van der Waals surface area (Å²) in [6, 6.07) is 2.10. The van der Waals surface area contributed by atoms with E-state index >= 15 is 0 Å².